The van der Waals surface area contributed by atoms with Crippen molar-refractivity contribution in [1.29, 1.82) is 0 Å². The molecule has 1 aromatic heterocycles. The van der Waals surface area contributed by atoms with Crippen molar-refractivity contribution in [1.82, 2.24) is 9.88 Å². The zero-order valence-electron chi connectivity index (χ0n) is 12.9. The van der Waals surface area contributed by atoms with Gasteiger partial charge in [-0.2, -0.15) is 0 Å². The Balaban J connectivity index is 1.54. The largest absolute Gasteiger partial charge is 0.330 e. The Morgan fingerprint density at radius 3 is 2.62 bits per heavy atom. The molecule has 0 unspecified atom stereocenters. The number of hydrogen-bond acceptors (Lipinski definition) is 2. The van der Waals surface area contributed by atoms with Crippen molar-refractivity contribution < 1.29 is 9.69 Å². The van der Waals surface area contributed by atoms with E-state index in [2.05, 4.69) is 11.9 Å². The number of pyridine rings is 1. The first-order chi connectivity index (χ1) is 10.2. The zero-order chi connectivity index (χ0) is 14.7. The maximum Gasteiger partial charge on any atom is 0.254 e. The van der Waals surface area contributed by atoms with Crippen molar-refractivity contribution in [2.24, 2.45) is 5.92 Å². The van der Waals surface area contributed by atoms with Crippen LogP contribution in [0.3, 0.4) is 0 Å². The van der Waals surface area contributed by atoms with Gasteiger partial charge >= 0.3 is 0 Å². The highest BCUT2D eigenvalue weighted by Gasteiger charge is 2.32. The third kappa shape index (κ3) is 3.43. The lowest BCUT2D eigenvalue weighted by atomic mass is 9.86. The van der Waals surface area contributed by atoms with Crippen molar-refractivity contribution in [3.8, 4) is 0 Å². The van der Waals surface area contributed by atoms with E-state index in [-0.39, 0.29) is 5.91 Å². The van der Waals surface area contributed by atoms with Crippen LogP contribution in [0.15, 0.2) is 24.5 Å². The van der Waals surface area contributed by atoms with Gasteiger partial charge in [0.2, 0.25) is 0 Å². The van der Waals surface area contributed by atoms with E-state index in [4.69, 9.17) is 0 Å². The Morgan fingerprint density at radius 1 is 1.24 bits per heavy atom. The minimum atomic E-state index is 0.161. The second kappa shape index (κ2) is 6.56. The highest BCUT2D eigenvalue weighted by Crippen LogP contribution is 2.22. The number of nitrogens with zero attached hydrogens (tertiary/aromatic N) is 2. The summed E-state index contributed by atoms with van der Waals surface area (Å²) >= 11 is 0. The summed E-state index contributed by atoms with van der Waals surface area (Å²) in [7, 11) is 0. The van der Waals surface area contributed by atoms with Gasteiger partial charge in [0.25, 0.3) is 5.91 Å². The molecule has 1 aliphatic carbocycles. The van der Waals surface area contributed by atoms with E-state index < -0.39 is 0 Å². The minimum Gasteiger partial charge on any atom is -0.330 e. The molecule has 0 radical (unpaired) electrons. The third-order valence-electron chi connectivity index (χ3n) is 5.13. The van der Waals surface area contributed by atoms with Gasteiger partial charge in [-0.25, -0.2) is 0 Å². The van der Waals surface area contributed by atoms with E-state index in [1.54, 1.807) is 17.3 Å². The molecule has 1 aromatic rings. The van der Waals surface area contributed by atoms with Crippen LogP contribution in [0.2, 0.25) is 0 Å². The lowest BCUT2D eigenvalue weighted by Gasteiger charge is -2.39. The SMILES string of the molecule is C[C@@H]1CCC[C@@H]([NH+]2CCN(C(=O)c3ccncc3)CC2)C1. The first-order valence-electron chi connectivity index (χ1n) is 8.28. The van der Waals surface area contributed by atoms with Gasteiger partial charge in [0.05, 0.1) is 32.2 Å². The Morgan fingerprint density at radius 2 is 1.95 bits per heavy atom. The number of rotatable bonds is 2. The Hall–Kier alpha value is -1.42. The fourth-order valence-corrected chi connectivity index (χ4v) is 3.89. The molecule has 0 bridgehead atoms. The van der Waals surface area contributed by atoms with Gasteiger partial charge in [0.15, 0.2) is 0 Å². The average molecular weight is 288 g/mol. The molecule has 1 saturated heterocycles. The van der Waals surface area contributed by atoms with Gasteiger partial charge in [-0.05, 0) is 30.9 Å². The van der Waals surface area contributed by atoms with Crippen LogP contribution in [0, 0.1) is 5.92 Å². The predicted molar refractivity (Wildman–Crippen MR) is 82.3 cm³/mol. The smallest absolute Gasteiger partial charge is 0.254 e. The molecule has 0 aromatic carbocycles. The Labute approximate surface area is 127 Å². The van der Waals surface area contributed by atoms with Crippen LogP contribution in [0.4, 0.5) is 0 Å². The summed E-state index contributed by atoms with van der Waals surface area (Å²) in [6, 6.07) is 4.45. The van der Waals surface area contributed by atoms with Crippen molar-refractivity contribution in [2.45, 2.75) is 38.6 Å². The number of hydrogen-bond donors (Lipinski definition) is 1. The van der Waals surface area contributed by atoms with E-state index in [0.717, 1.165) is 43.7 Å². The fourth-order valence-electron chi connectivity index (χ4n) is 3.89. The highest BCUT2D eigenvalue weighted by molar-refractivity contribution is 5.94. The number of nitrogens with one attached hydrogen (secondary N) is 1. The molecule has 2 atom stereocenters. The van der Waals surface area contributed by atoms with Gasteiger partial charge in [0.1, 0.15) is 0 Å². The Bertz CT molecular complexity index is 468. The standard InChI is InChI=1S/C17H25N3O/c1-14-3-2-4-16(13-14)19-9-11-20(12-10-19)17(21)15-5-7-18-8-6-15/h5-8,14,16H,2-4,9-13H2,1H3/p+1/t14-,16-/m1/s1. The van der Waals surface area contributed by atoms with E-state index >= 15 is 0 Å². The second-order valence-corrected chi connectivity index (χ2v) is 6.66. The van der Waals surface area contributed by atoms with Gasteiger partial charge in [-0.15, -0.1) is 0 Å². The van der Waals surface area contributed by atoms with Gasteiger partial charge < -0.3 is 9.80 Å². The number of aromatic nitrogens is 1. The first-order valence-corrected chi connectivity index (χ1v) is 8.28. The van der Waals surface area contributed by atoms with Crippen LogP contribution < -0.4 is 4.90 Å². The summed E-state index contributed by atoms with van der Waals surface area (Å²) in [4.78, 5) is 20.1. The first kappa shape index (κ1) is 14.5. The van der Waals surface area contributed by atoms with E-state index in [9.17, 15) is 4.79 Å². The van der Waals surface area contributed by atoms with Crippen LogP contribution in [-0.2, 0) is 0 Å². The molecular formula is C17H26N3O+. The van der Waals surface area contributed by atoms with E-state index in [1.165, 1.54) is 25.7 Å². The molecule has 1 N–H and O–H groups in total. The molecule has 114 valence electrons. The number of carbonyl (C=O) groups is 1. The van der Waals surface area contributed by atoms with Gasteiger partial charge in [-0.1, -0.05) is 13.3 Å². The monoisotopic (exact) mass is 288 g/mol. The summed E-state index contributed by atoms with van der Waals surface area (Å²) in [5.41, 5.74) is 0.764. The summed E-state index contributed by atoms with van der Waals surface area (Å²) in [5, 5.41) is 0. The van der Waals surface area contributed by atoms with Crippen LogP contribution in [0.25, 0.3) is 0 Å². The predicted octanol–water partition coefficient (Wildman–Crippen LogP) is 1.00. The van der Waals surface area contributed by atoms with Crippen molar-refractivity contribution >= 4 is 5.91 Å². The molecule has 21 heavy (non-hydrogen) atoms. The normalized spacial score (nSPS) is 27.6. The number of quaternary nitrogens is 1. The van der Waals surface area contributed by atoms with Gasteiger partial charge in [-0.3, -0.25) is 9.78 Å². The molecule has 1 saturated carbocycles. The number of amides is 1. The zero-order valence-corrected chi connectivity index (χ0v) is 12.9. The summed E-state index contributed by atoms with van der Waals surface area (Å²) in [6.07, 6.45) is 8.91. The van der Waals surface area contributed by atoms with Crippen LogP contribution >= 0.6 is 0 Å². The number of carbonyl (C=O) groups excluding carboxylic acids is 1. The topological polar surface area (TPSA) is 37.6 Å². The molecule has 2 aliphatic rings. The van der Waals surface area contributed by atoms with Crippen molar-refractivity contribution in [3.63, 3.8) is 0 Å². The average Bonchev–Trinajstić information content (AvgIpc) is 2.55. The highest BCUT2D eigenvalue weighted by atomic mass is 16.2. The minimum absolute atomic E-state index is 0.161. The molecule has 1 amide bonds. The maximum atomic E-state index is 12.4. The fraction of sp³-hybridized carbons (Fsp3) is 0.647. The van der Waals surface area contributed by atoms with Crippen molar-refractivity contribution in [3.05, 3.63) is 30.1 Å². The maximum absolute atomic E-state index is 12.4. The van der Waals surface area contributed by atoms with E-state index in [0.29, 0.717) is 0 Å². The summed E-state index contributed by atoms with van der Waals surface area (Å²) in [6.45, 7) is 6.37. The van der Waals surface area contributed by atoms with Crippen LogP contribution in [-0.4, -0.2) is 48.0 Å². The number of piperazine rings is 1. The van der Waals surface area contributed by atoms with Crippen LogP contribution in [0.5, 0.6) is 0 Å². The van der Waals surface area contributed by atoms with Gasteiger partial charge in [0, 0.05) is 24.4 Å². The summed E-state index contributed by atoms with van der Waals surface area (Å²) in [5.74, 6) is 1.04. The molecule has 0 spiro atoms. The third-order valence-corrected chi connectivity index (χ3v) is 5.13. The molecule has 4 nitrogen and oxygen atoms in total. The quantitative estimate of drug-likeness (QED) is 0.881. The lowest BCUT2D eigenvalue weighted by molar-refractivity contribution is -0.930. The molecular weight excluding hydrogens is 262 g/mol. The van der Waals surface area contributed by atoms with Crippen LogP contribution in [0.1, 0.15) is 43.0 Å². The summed E-state index contributed by atoms with van der Waals surface area (Å²) < 4.78 is 0. The van der Waals surface area contributed by atoms with E-state index in [1.807, 2.05) is 17.0 Å². The molecule has 2 fully saturated rings. The Kier molecular flexibility index (Phi) is 4.54. The second-order valence-electron chi connectivity index (χ2n) is 6.66. The lowest BCUT2D eigenvalue weighted by Crippen LogP contribution is -3.18. The molecule has 1 aliphatic heterocycles. The molecule has 4 heteroatoms. The molecule has 3 rings (SSSR count). The molecule has 2 heterocycles. The van der Waals surface area contributed by atoms with Crippen molar-refractivity contribution in [2.75, 3.05) is 26.2 Å².